The first kappa shape index (κ1) is 9.73. The highest BCUT2D eigenvalue weighted by Gasteiger charge is 2.07. The summed E-state index contributed by atoms with van der Waals surface area (Å²) >= 11 is 0. The minimum absolute atomic E-state index is 0.0161. The molecule has 0 aliphatic carbocycles. The molecule has 1 aromatic heterocycles. The lowest BCUT2D eigenvalue weighted by molar-refractivity contribution is 0.0635. The van der Waals surface area contributed by atoms with Crippen molar-refractivity contribution in [1.82, 2.24) is 10.2 Å². The molecule has 2 N–H and O–H groups in total. The Kier molecular flexibility index (Phi) is 3.02. The molecule has 0 fully saturated rings. The van der Waals surface area contributed by atoms with Crippen molar-refractivity contribution in [2.24, 2.45) is 0 Å². The number of H-pyrrole nitrogens is 1. The second-order valence-corrected chi connectivity index (χ2v) is 2.94. The molecular weight excluding hydrogens is 172 g/mol. The first-order valence-corrected chi connectivity index (χ1v) is 3.98. The fourth-order valence-corrected chi connectivity index (χ4v) is 0.802. The van der Waals surface area contributed by atoms with Gasteiger partial charge in [-0.15, -0.1) is 0 Å². The van der Waals surface area contributed by atoms with Gasteiger partial charge in [0.05, 0.1) is 18.4 Å². The Balaban J connectivity index is 2.54. The number of carbonyl (C=O) groups is 1. The van der Waals surface area contributed by atoms with Crippen molar-refractivity contribution >= 4 is 5.97 Å². The number of ether oxygens (including phenoxy) is 1. The number of carboxylic acid groups (broad SMARTS) is 1. The van der Waals surface area contributed by atoms with E-state index in [1.807, 2.05) is 13.8 Å². The molecule has 0 atom stereocenters. The molecule has 0 aliphatic heterocycles. The van der Waals surface area contributed by atoms with Crippen LogP contribution in [0.5, 0.6) is 0 Å². The smallest absolute Gasteiger partial charge is 0.356 e. The van der Waals surface area contributed by atoms with Crippen LogP contribution in [0.25, 0.3) is 0 Å². The SMILES string of the molecule is CC(C)OCc1cc(C(=O)O)n[nH]1. The van der Waals surface area contributed by atoms with E-state index in [0.29, 0.717) is 12.3 Å². The van der Waals surface area contributed by atoms with Crippen molar-refractivity contribution in [2.75, 3.05) is 0 Å². The zero-order valence-corrected chi connectivity index (χ0v) is 7.57. The van der Waals surface area contributed by atoms with Gasteiger partial charge in [0, 0.05) is 0 Å². The summed E-state index contributed by atoms with van der Waals surface area (Å²) in [5, 5.41) is 14.7. The molecule has 0 aromatic carbocycles. The normalized spacial score (nSPS) is 10.7. The minimum atomic E-state index is -1.04. The lowest BCUT2D eigenvalue weighted by Crippen LogP contribution is -2.02. The predicted molar refractivity (Wildman–Crippen MR) is 45.5 cm³/mol. The Morgan fingerprint density at radius 3 is 2.92 bits per heavy atom. The van der Waals surface area contributed by atoms with Crippen molar-refractivity contribution in [3.05, 3.63) is 17.5 Å². The van der Waals surface area contributed by atoms with Gasteiger partial charge in [-0.05, 0) is 19.9 Å². The van der Waals surface area contributed by atoms with Gasteiger partial charge in [0.15, 0.2) is 5.69 Å². The second kappa shape index (κ2) is 4.04. The number of nitrogens with zero attached hydrogens (tertiary/aromatic N) is 1. The molecule has 5 nitrogen and oxygen atoms in total. The van der Waals surface area contributed by atoms with E-state index in [1.165, 1.54) is 6.07 Å². The number of aromatic carboxylic acids is 1. The number of carboxylic acids is 1. The number of aromatic amines is 1. The van der Waals surface area contributed by atoms with E-state index in [4.69, 9.17) is 9.84 Å². The lowest BCUT2D eigenvalue weighted by atomic mass is 10.3. The van der Waals surface area contributed by atoms with Crippen LogP contribution in [-0.4, -0.2) is 27.4 Å². The Morgan fingerprint density at radius 2 is 2.46 bits per heavy atom. The van der Waals surface area contributed by atoms with Crippen LogP contribution in [0.3, 0.4) is 0 Å². The van der Waals surface area contributed by atoms with Gasteiger partial charge >= 0.3 is 5.97 Å². The quantitative estimate of drug-likeness (QED) is 0.732. The van der Waals surface area contributed by atoms with Crippen LogP contribution in [0.1, 0.15) is 30.0 Å². The number of nitrogens with one attached hydrogen (secondary N) is 1. The summed E-state index contributed by atoms with van der Waals surface area (Å²) in [5.74, 6) is -1.04. The zero-order valence-electron chi connectivity index (χ0n) is 7.57. The molecule has 0 unspecified atom stereocenters. The number of hydrogen-bond acceptors (Lipinski definition) is 3. The summed E-state index contributed by atoms with van der Waals surface area (Å²) in [5.41, 5.74) is 0.688. The maximum absolute atomic E-state index is 10.4. The molecule has 13 heavy (non-hydrogen) atoms. The topological polar surface area (TPSA) is 75.2 Å². The first-order valence-electron chi connectivity index (χ1n) is 3.98. The van der Waals surface area contributed by atoms with Crippen molar-refractivity contribution in [2.45, 2.75) is 26.6 Å². The Morgan fingerprint density at radius 1 is 1.77 bits per heavy atom. The third-order valence-corrected chi connectivity index (χ3v) is 1.42. The second-order valence-electron chi connectivity index (χ2n) is 2.94. The highest BCUT2D eigenvalue weighted by Crippen LogP contribution is 2.02. The molecule has 1 heterocycles. The fourth-order valence-electron chi connectivity index (χ4n) is 0.802. The maximum atomic E-state index is 10.4. The van der Waals surface area contributed by atoms with Crippen molar-refractivity contribution in [3.63, 3.8) is 0 Å². The Labute approximate surface area is 75.7 Å². The maximum Gasteiger partial charge on any atom is 0.356 e. The fraction of sp³-hybridized carbons (Fsp3) is 0.500. The van der Waals surface area contributed by atoms with E-state index in [2.05, 4.69) is 10.2 Å². The van der Waals surface area contributed by atoms with Crippen LogP contribution in [-0.2, 0) is 11.3 Å². The van der Waals surface area contributed by atoms with Gasteiger partial charge in [0.1, 0.15) is 0 Å². The molecule has 1 aromatic rings. The summed E-state index contributed by atoms with van der Waals surface area (Å²) in [6.45, 7) is 4.18. The molecule has 0 spiro atoms. The number of aromatic nitrogens is 2. The van der Waals surface area contributed by atoms with E-state index in [-0.39, 0.29) is 11.8 Å². The van der Waals surface area contributed by atoms with E-state index < -0.39 is 5.97 Å². The average molecular weight is 184 g/mol. The van der Waals surface area contributed by atoms with Crippen molar-refractivity contribution in [1.29, 1.82) is 0 Å². The molecule has 72 valence electrons. The highest BCUT2D eigenvalue weighted by atomic mass is 16.5. The molecule has 0 amide bonds. The van der Waals surface area contributed by atoms with E-state index >= 15 is 0 Å². The average Bonchev–Trinajstić information content (AvgIpc) is 2.48. The molecule has 0 saturated carbocycles. The van der Waals surface area contributed by atoms with Crippen molar-refractivity contribution < 1.29 is 14.6 Å². The van der Waals surface area contributed by atoms with E-state index in [9.17, 15) is 4.79 Å². The van der Waals surface area contributed by atoms with Gasteiger partial charge in [-0.3, -0.25) is 5.10 Å². The minimum Gasteiger partial charge on any atom is -0.476 e. The van der Waals surface area contributed by atoms with Crippen LogP contribution in [0.2, 0.25) is 0 Å². The summed E-state index contributed by atoms with van der Waals surface area (Å²) in [4.78, 5) is 10.4. The van der Waals surface area contributed by atoms with Crippen LogP contribution in [0, 0.1) is 0 Å². The molecule has 5 heteroatoms. The van der Waals surface area contributed by atoms with Gasteiger partial charge in [-0.25, -0.2) is 4.79 Å². The van der Waals surface area contributed by atoms with Crippen LogP contribution >= 0.6 is 0 Å². The van der Waals surface area contributed by atoms with Gasteiger partial charge in [0.25, 0.3) is 0 Å². The standard InChI is InChI=1S/C8H12N2O3/c1-5(2)13-4-6-3-7(8(11)12)10-9-6/h3,5H,4H2,1-2H3,(H,9,10)(H,11,12). The van der Waals surface area contributed by atoms with Gasteiger partial charge in [-0.1, -0.05) is 0 Å². The largest absolute Gasteiger partial charge is 0.476 e. The van der Waals surface area contributed by atoms with Crippen LogP contribution in [0.4, 0.5) is 0 Å². The molecule has 0 saturated heterocycles. The van der Waals surface area contributed by atoms with Crippen LogP contribution < -0.4 is 0 Å². The molecule has 0 aliphatic rings. The summed E-state index contributed by atoms with van der Waals surface area (Å²) < 4.78 is 5.26. The summed E-state index contributed by atoms with van der Waals surface area (Å²) in [6, 6.07) is 1.46. The van der Waals surface area contributed by atoms with E-state index in [0.717, 1.165) is 0 Å². The van der Waals surface area contributed by atoms with Gasteiger partial charge in [0.2, 0.25) is 0 Å². The number of rotatable bonds is 4. The lowest BCUT2D eigenvalue weighted by Gasteiger charge is -2.04. The monoisotopic (exact) mass is 184 g/mol. The molecule has 1 rings (SSSR count). The highest BCUT2D eigenvalue weighted by molar-refractivity contribution is 5.85. The third-order valence-electron chi connectivity index (χ3n) is 1.42. The predicted octanol–water partition coefficient (Wildman–Crippen LogP) is 1.03. The third kappa shape index (κ3) is 2.87. The molecule has 0 bridgehead atoms. The Bertz CT molecular complexity index is 293. The Hall–Kier alpha value is -1.36. The summed E-state index contributed by atoms with van der Waals surface area (Å²) in [6.07, 6.45) is 0.122. The van der Waals surface area contributed by atoms with E-state index in [1.54, 1.807) is 0 Å². The number of hydrogen-bond donors (Lipinski definition) is 2. The van der Waals surface area contributed by atoms with Gasteiger partial charge in [-0.2, -0.15) is 5.10 Å². The van der Waals surface area contributed by atoms with Crippen LogP contribution in [0.15, 0.2) is 6.07 Å². The first-order chi connectivity index (χ1) is 6.09. The van der Waals surface area contributed by atoms with Gasteiger partial charge < -0.3 is 9.84 Å². The molecule has 0 radical (unpaired) electrons. The molecular formula is C8H12N2O3. The summed E-state index contributed by atoms with van der Waals surface area (Å²) in [7, 11) is 0. The zero-order chi connectivity index (χ0) is 9.84. The van der Waals surface area contributed by atoms with Crippen molar-refractivity contribution in [3.8, 4) is 0 Å².